The quantitative estimate of drug-likeness (QED) is 0.642. The molecule has 1 atom stereocenters. The number of likely N-dealkylation sites (N-methyl/N-ethyl adjacent to an activating group) is 1. The molecule has 0 bridgehead atoms. The molecule has 1 aliphatic carbocycles. The zero-order valence-electron chi connectivity index (χ0n) is 15.2. The number of benzene rings is 1. The second-order valence-electron chi connectivity index (χ2n) is 6.73. The number of aryl methyl sites for hydroxylation is 1. The third kappa shape index (κ3) is 4.51. The molecular weight excluding hydrogens is 407 g/mol. The van der Waals surface area contributed by atoms with Crippen LogP contribution in [0.4, 0.5) is 23.1 Å². The van der Waals surface area contributed by atoms with E-state index in [1.54, 1.807) is 6.07 Å². The summed E-state index contributed by atoms with van der Waals surface area (Å²) >= 11 is 6.00. The highest BCUT2D eigenvalue weighted by molar-refractivity contribution is 6.33. The zero-order chi connectivity index (χ0) is 17.4. The molecule has 4 N–H and O–H groups in total. The van der Waals surface area contributed by atoms with Gasteiger partial charge in [-0.05, 0) is 50.9 Å². The number of aromatic nitrogens is 2. The van der Waals surface area contributed by atoms with Crippen LogP contribution in [0.3, 0.4) is 0 Å². The van der Waals surface area contributed by atoms with Gasteiger partial charge in [-0.1, -0.05) is 11.6 Å². The molecule has 27 heavy (non-hydrogen) atoms. The average molecular weight is 432 g/mol. The van der Waals surface area contributed by atoms with E-state index in [0.29, 0.717) is 22.7 Å². The minimum Gasteiger partial charge on any atom is -0.397 e. The molecule has 148 valence electrons. The normalized spacial score (nSPS) is 17.9. The Hall–Kier alpha value is -1.47. The number of nitrogens with two attached hydrogens (primary N) is 1. The molecule has 9 heteroatoms. The third-order valence-electron chi connectivity index (χ3n) is 5.06. The molecule has 1 aromatic carbocycles. The van der Waals surface area contributed by atoms with Crippen LogP contribution in [0.15, 0.2) is 18.2 Å². The van der Waals surface area contributed by atoms with Gasteiger partial charge in [-0.3, -0.25) is 0 Å². The van der Waals surface area contributed by atoms with Gasteiger partial charge < -0.3 is 21.3 Å². The fourth-order valence-corrected chi connectivity index (χ4v) is 3.79. The molecular formula is C18H25Cl3N6. The first-order valence-electron chi connectivity index (χ1n) is 8.78. The molecule has 1 fully saturated rings. The van der Waals surface area contributed by atoms with E-state index in [1.807, 2.05) is 19.2 Å². The Balaban J connectivity index is 0.00000131. The number of hydrogen-bond acceptors (Lipinski definition) is 6. The van der Waals surface area contributed by atoms with Crippen molar-refractivity contribution in [2.75, 3.05) is 36.1 Å². The van der Waals surface area contributed by atoms with E-state index in [2.05, 4.69) is 15.5 Å². The summed E-state index contributed by atoms with van der Waals surface area (Å²) in [5.74, 6) is 1.72. The molecule has 0 amide bonds. The van der Waals surface area contributed by atoms with Gasteiger partial charge in [0.1, 0.15) is 5.82 Å². The Labute approximate surface area is 177 Å². The Morgan fingerprint density at radius 3 is 2.74 bits per heavy atom. The molecule has 0 unspecified atom stereocenters. The van der Waals surface area contributed by atoms with Crippen LogP contribution in [0.5, 0.6) is 0 Å². The maximum atomic E-state index is 6.00. The second kappa shape index (κ2) is 9.15. The van der Waals surface area contributed by atoms with Crippen molar-refractivity contribution < 1.29 is 0 Å². The first kappa shape index (κ1) is 21.8. The lowest BCUT2D eigenvalue weighted by Gasteiger charge is -2.21. The highest BCUT2D eigenvalue weighted by Gasteiger charge is 2.28. The van der Waals surface area contributed by atoms with E-state index in [1.165, 1.54) is 11.3 Å². The van der Waals surface area contributed by atoms with Gasteiger partial charge in [0, 0.05) is 30.4 Å². The van der Waals surface area contributed by atoms with Crippen molar-refractivity contribution >= 4 is 59.6 Å². The van der Waals surface area contributed by atoms with Crippen molar-refractivity contribution in [3.8, 4) is 0 Å². The lowest BCUT2D eigenvalue weighted by molar-refractivity contribution is 0.616. The van der Waals surface area contributed by atoms with Crippen molar-refractivity contribution in [1.29, 1.82) is 0 Å². The number of rotatable bonds is 4. The molecule has 0 spiro atoms. The van der Waals surface area contributed by atoms with Crippen LogP contribution < -0.4 is 21.3 Å². The van der Waals surface area contributed by atoms with Gasteiger partial charge >= 0.3 is 0 Å². The van der Waals surface area contributed by atoms with Crippen molar-refractivity contribution in [2.24, 2.45) is 0 Å². The number of halogens is 3. The summed E-state index contributed by atoms with van der Waals surface area (Å²) < 4.78 is 0. The minimum atomic E-state index is 0. The predicted octanol–water partition coefficient (Wildman–Crippen LogP) is 3.59. The van der Waals surface area contributed by atoms with Crippen LogP contribution in [0.25, 0.3) is 0 Å². The summed E-state index contributed by atoms with van der Waals surface area (Å²) in [4.78, 5) is 12.0. The average Bonchev–Trinajstić information content (AvgIpc) is 3.26. The van der Waals surface area contributed by atoms with Crippen molar-refractivity contribution in [3.05, 3.63) is 34.5 Å². The molecule has 0 radical (unpaired) electrons. The number of hydrogen-bond donors (Lipinski definition) is 3. The van der Waals surface area contributed by atoms with Gasteiger partial charge in [0.2, 0.25) is 5.95 Å². The summed E-state index contributed by atoms with van der Waals surface area (Å²) in [6.07, 6.45) is 4.38. The van der Waals surface area contributed by atoms with Gasteiger partial charge in [-0.2, -0.15) is 4.98 Å². The second-order valence-corrected chi connectivity index (χ2v) is 7.14. The van der Waals surface area contributed by atoms with Crippen LogP contribution in [-0.2, 0) is 12.8 Å². The zero-order valence-corrected chi connectivity index (χ0v) is 17.6. The van der Waals surface area contributed by atoms with E-state index in [-0.39, 0.29) is 24.8 Å². The van der Waals surface area contributed by atoms with Crippen LogP contribution in [0, 0.1) is 0 Å². The lowest BCUT2D eigenvalue weighted by atomic mass is 10.2. The van der Waals surface area contributed by atoms with Gasteiger partial charge in [0.15, 0.2) is 0 Å². The van der Waals surface area contributed by atoms with Gasteiger partial charge in [0.05, 0.1) is 16.4 Å². The Kier molecular flexibility index (Phi) is 7.40. The fourth-order valence-electron chi connectivity index (χ4n) is 3.67. The largest absolute Gasteiger partial charge is 0.397 e. The maximum Gasteiger partial charge on any atom is 0.229 e. The Bertz CT molecular complexity index is 801. The van der Waals surface area contributed by atoms with Crippen LogP contribution in [-0.4, -0.2) is 36.1 Å². The topological polar surface area (TPSA) is 79.1 Å². The van der Waals surface area contributed by atoms with Crippen LogP contribution >= 0.6 is 36.4 Å². The van der Waals surface area contributed by atoms with Crippen molar-refractivity contribution in [2.45, 2.75) is 31.7 Å². The Morgan fingerprint density at radius 1 is 1.22 bits per heavy atom. The highest BCUT2D eigenvalue weighted by Crippen LogP contribution is 2.33. The number of anilines is 4. The van der Waals surface area contributed by atoms with E-state index in [9.17, 15) is 0 Å². The molecule has 2 aliphatic rings. The molecule has 2 aromatic rings. The number of nitrogens with one attached hydrogen (secondary N) is 2. The fraction of sp³-hybridized carbons (Fsp3) is 0.444. The number of fused-ring (bicyclic) bond motifs is 1. The summed E-state index contributed by atoms with van der Waals surface area (Å²) in [6, 6.07) is 6.01. The van der Waals surface area contributed by atoms with Crippen molar-refractivity contribution in [1.82, 2.24) is 15.3 Å². The maximum absolute atomic E-state index is 6.00. The van der Waals surface area contributed by atoms with Crippen LogP contribution in [0.1, 0.15) is 24.1 Å². The minimum absolute atomic E-state index is 0. The predicted molar refractivity (Wildman–Crippen MR) is 117 cm³/mol. The van der Waals surface area contributed by atoms with Crippen LogP contribution in [0.2, 0.25) is 5.02 Å². The highest BCUT2D eigenvalue weighted by atomic mass is 35.5. The van der Waals surface area contributed by atoms with Gasteiger partial charge in [0.25, 0.3) is 0 Å². The molecule has 0 saturated carbocycles. The molecule has 4 rings (SSSR count). The number of nitrogen functional groups attached to an aromatic ring is 1. The summed E-state index contributed by atoms with van der Waals surface area (Å²) in [7, 11) is 2.02. The van der Waals surface area contributed by atoms with E-state index >= 15 is 0 Å². The molecule has 1 aromatic heterocycles. The first-order chi connectivity index (χ1) is 12.1. The summed E-state index contributed by atoms with van der Waals surface area (Å²) in [5, 5.41) is 7.21. The third-order valence-corrected chi connectivity index (χ3v) is 5.40. The van der Waals surface area contributed by atoms with E-state index in [4.69, 9.17) is 27.3 Å². The summed E-state index contributed by atoms with van der Waals surface area (Å²) in [5.41, 5.74) is 9.78. The molecule has 6 nitrogen and oxygen atoms in total. The first-order valence-corrected chi connectivity index (χ1v) is 9.16. The molecule has 1 saturated heterocycles. The van der Waals surface area contributed by atoms with Gasteiger partial charge in [-0.25, -0.2) is 4.98 Å². The van der Waals surface area contributed by atoms with Gasteiger partial charge in [-0.15, -0.1) is 24.8 Å². The SMILES string of the molecule is CN[C@H]1CCN(c2nc(Nc3ccc(Cl)c(N)c3)nc3c2CCC3)C1.Cl.Cl. The van der Waals surface area contributed by atoms with Crippen molar-refractivity contribution in [3.63, 3.8) is 0 Å². The Morgan fingerprint density at radius 2 is 2.04 bits per heavy atom. The summed E-state index contributed by atoms with van der Waals surface area (Å²) in [6.45, 7) is 2.02. The smallest absolute Gasteiger partial charge is 0.229 e. The molecule has 2 heterocycles. The lowest BCUT2D eigenvalue weighted by Crippen LogP contribution is -2.30. The number of nitrogens with zero attached hydrogens (tertiary/aromatic N) is 3. The van der Waals surface area contributed by atoms with E-state index in [0.717, 1.165) is 50.3 Å². The monoisotopic (exact) mass is 430 g/mol. The molecule has 1 aliphatic heterocycles. The van der Waals surface area contributed by atoms with E-state index < -0.39 is 0 Å². The standard InChI is InChI=1S/C18H23ClN6.2ClH/c1-21-12-7-8-25(10-12)17-13-3-2-4-16(13)23-18(24-17)22-11-5-6-14(19)15(20)9-11;;/h5-6,9,12,21H,2-4,7-8,10,20H2,1H3,(H,22,23,24);2*1H/t12-;;/m0../s1.